The highest BCUT2D eigenvalue weighted by atomic mass is 35.5. The van der Waals surface area contributed by atoms with Crippen LogP contribution in [0.15, 0.2) is 60.7 Å². The Labute approximate surface area is 260 Å². The van der Waals surface area contributed by atoms with Crippen molar-refractivity contribution < 1.29 is 23.5 Å². The maximum absolute atomic E-state index is 14.0. The van der Waals surface area contributed by atoms with E-state index < -0.39 is 29.7 Å². The standard InChI is InChI=1S/C35H44F2N2O3.ClH/c1-5-9-27(10-6-2)34(41)28-13-23(4)14-29(19-28)35(42)39-32(18-26-16-30(36)20-31(37)17-26)33(40)22-38-21-25-12-8-11-24(7-3)15-25;/h8,11-17,19-20,27,32-33,38,40H,5-7,9-10,18,21-22H2,1-4H3,(H,39,42);1H/t32-,33-;/m0./s1. The van der Waals surface area contributed by atoms with Gasteiger partial charge in [0.2, 0.25) is 0 Å². The van der Waals surface area contributed by atoms with Crippen molar-refractivity contribution in [1.82, 2.24) is 10.6 Å². The number of ketones is 1. The van der Waals surface area contributed by atoms with Gasteiger partial charge in [-0.2, -0.15) is 0 Å². The number of carbonyl (C=O) groups excluding carboxylic acids is 2. The first kappa shape index (κ1) is 36.1. The number of aliphatic hydroxyl groups excluding tert-OH is 1. The first-order chi connectivity index (χ1) is 20.1. The van der Waals surface area contributed by atoms with Crippen molar-refractivity contribution in [2.45, 2.75) is 84.9 Å². The van der Waals surface area contributed by atoms with Crippen molar-refractivity contribution in [2.75, 3.05) is 6.54 Å². The fraction of sp³-hybridized carbons (Fsp3) is 0.429. The number of halogens is 3. The Morgan fingerprint density at radius 2 is 1.47 bits per heavy atom. The minimum absolute atomic E-state index is 0. The Morgan fingerprint density at radius 1 is 0.837 bits per heavy atom. The van der Waals surface area contributed by atoms with E-state index in [2.05, 4.69) is 43.5 Å². The molecule has 1 amide bonds. The summed E-state index contributed by atoms with van der Waals surface area (Å²) < 4.78 is 27.9. The summed E-state index contributed by atoms with van der Waals surface area (Å²) in [4.78, 5) is 26.8. The van der Waals surface area contributed by atoms with E-state index in [1.165, 1.54) is 17.7 Å². The second-order valence-electron chi connectivity index (χ2n) is 11.2. The number of hydrogen-bond donors (Lipinski definition) is 3. The summed E-state index contributed by atoms with van der Waals surface area (Å²) in [6, 6.07) is 15.6. The summed E-state index contributed by atoms with van der Waals surface area (Å²) in [7, 11) is 0. The molecule has 3 aromatic rings. The molecule has 0 aliphatic heterocycles. The van der Waals surface area contributed by atoms with Crippen LogP contribution in [0.2, 0.25) is 0 Å². The van der Waals surface area contributed by atoms with E-state index in [9.17, 15) is 23.5 Å². The number of Topliss-reactive ketones (excluding diaryl/α,β-unsaturated/α-hetero) is 1. The quantitative estimate of drug-likeness (QED) is 0.150. The lowest BCUT2D eigenvalue weighted by Crippen LogP contribution is -2.48. The van der Waals surface area contributed by atoms with Crippen LogP contribution >= 0.6 is 12.4 Å². The summed E-state index contributed by atoms with van der Waals surface area (Å²) in [5.74, 6) is -1.99. The summed E-state index contributed by atoms with van der Waals surface area (Å²) in [6.45, 7) is 8.69. The molecule has 0 aromatic heterocycles. The third-order valence-corrected chi connectivity index (χ3v) is 7.51. The van der Waals surface area contributed by atoms with Gasteiger partial charge in [-0.15, -0.1) is 12.4 Å². The Hall–Kier alpha value is -3.13. The lowest BCUT2D eigenvalue weighted by atomic mass is 9.88. The Kier molecular flexibility index (Phi) is 15.0. The SMILES string of the molecule is CCCC(CCC)C(=O)c1cc(C)cc(C(=O)N[C@@H](Cc2cc(F)cc(F)c2)[C@@H](O)CNCc2cccc(CC)c2)c1.Cl. The molecule has 0 unspecified atom stereocenters. The van der Waals surface area contributed by atoms with Crippen molar-refractivity contribution in [2.24, 2.45) is 5.92 Å². The van der Waals surface area contributed by atoms with Crippen LogP contribution in [-0.2, 0) is 19.4 Å². The number of nitrogens with one attached hydrogen (secondary N) is 2. The fourth-order valence-electron chi connectivity index (χ4n) is 5.38. The molecule has 234 valence electrons. The molecule has 43 heavy (non-hydrogen) atoms. The molecule has 0 aliphatic rings. The lowest BCUT2D eigenvalue weighted by molar-refractivity contribution is 0.0829. The van der Waals surface area contributed by atoms with E-state index in [1.807, 2.05) is 19.1 Å². The Balaban J connectivity index is 0.00000645. The second-order valence-corrected chi connectivity index (χ2v) is 11.2. The predicted octanol–water partition coefficient (Wildman–Crippen LogP) is 7.15. The van der Waals surface area contributed by atoms with Gasteiger partial charge in [-0.05, 0) is 85.2 Å². The Morgan fingerprint density at radius 3 is 2.09 bits per heavy atom. The number of rotatable bonds is 16. The molecule has 0 spiro atoms. The zero-order chi connectivity index (χ0) is 30.6. The summed E-state index contributed by atoms with van der Waals surface area (Å²) in [5, 5.41) is 17.3. The number of aliphatic hydroxyl groups is 1. The van der Waals surface area contributed by atoms with Crippen molar-refractivity contribution >= 4 is 24.1 Å². The lowest BCUT2D eigenvalue weighted by Gasteiger charge is -2.25. The molecule has 0 fully saturated rings. The average Bonchev–Trinajstić information content (AvgIpc) is 2.95. The third-order valence-electron chi connectivity index (χ3n) is 7.51. The van der Waals surface area contributed by atoms with E-state index in [-0.39, 0.29) is 37.1 Å². The summed E-state index contributed by atoms with van der Waals surface area (Å²) in [5.41, 5.74) is 4.16. The van der Waals surface area contributed by atoms with Gasteiger partial charge in [0.15, 0.2) is 5.78 Å². The molecular weight excluding hydrogens is 570 g/mol. The first-order valence-electron chi connectivity index (χ1n) is 15.0. The molecule has 3 N–H and O–H groups in total. The number of hydrogen-bond acceptors (Lipinski definition) is 4. The van der Waals surface area contributed by atoms with Crippen molar-refractivity contribution in [1.29, 1.82) is 0 Å². The number of carbonyl (C=O) groups is 2. The van der Waals surface area contributed by atoms with Crippen LogP contribution in [0.25, 0.3) is 0 Å². The van der Waals surface area contributed by atoms with Gasteiger partial charge in [0, 0.05) is 36.2 Å². The van der Waals surface area contributed by atoms with Crippen LogP contribution in [0, 0.1) is 24.5 Å². The van der Waals surface area contributed by atoms with Gasteiger partial charge in [0.05, 0.1) is 12.1 Å². The summed E-state index contributed by atoms with van der Waals surface area (Å²) in [6.07, 6.45) is 3.24. The van der Waals surface area contributed by atoms with E-state index in [0.29, 0.717) is 23.2 Å². The molecule has 2 atom stereocenters. The maximum atomic E-state index is 14.0. The normalized spacial score (nSPS) is 12.5. The highest BCUT2D eigenvalue weighted by Crippen LogP contribution is 2.22. The monoisotopic (exact) mass is 614 g/mol. The van der Waals surface area contributed by atoms with Crippen LogP contribution in [0.1, 0.15) is 89.4 Å². The number of amides is 1. The molecule has 0 saturated carbocycles. The Bertz CT molecular complexity index is 1320. The zero-order valence-electron chi connectivity index (χ0n) is 25.6. The van der Waals surface area contributed by atoms with E-state index in [4.69, 9.17) is 0 Å². The van der Waals surface area contributed by atoms with Crippen molar-refractivity contribution in [3.8, 4) is 0 Å². The average molecular weight is 615 g/mol. The number of benzene rings is 3. The van der Waals surface area contributed by atoms with Gasteiger partial charge < -0.3 is 15.7 Å². The third kappa shape index (κ3) is 11.1. The predicted molar refractivity (Wildman–Crippen MR) is 171 cm³/mol. The van der Waals surface area contributed by atoms with Crippen LogP contribution in [0.4, 0.5) is 8.78 Å². The molecule has 5 nitrogen and oxygen atoms in total. The van der Waals surface area contributed by atoms with Gasteiger partial charge in [-0.25, -0.2) is 8.78 Å². The molecule has 3 rings (SSSR count). The van der Waals surface area contributed by atoms with E-state index in [0.717, 1.165) is 49.3 Å². The fourth-order valence-corrected chi connectivity index (χ4v) is 5.38. The largest absolute Gasteiger partial charge is 0.390 e. The topological polar surface area (TPSA) is 78.4 Å². The van der Waals surface area contributed by atoms with Gasteiger partial charge in [-0.3, -0.25) is 9.59 Å². The van der Waals surface area contributed by atoms with Crippen LogP contribution in [-0.4, -0.2) is 35.5 Å². The maximum Gasteiger partial charge on any atom is 0.251 e. The van der Waals surface area contributed by atoms with Gasteiger partial charge in [0.25, 0.3) is 5.91 Å². The number of aryl methyl sites for hydroxylation is 2. The summed E-state index contributed by atoms with van der Waals surface area (Å²) >= 11 is 0. The molecule has 0 bridgehead atoms. The molecule has 3 aromatic carbocycles. The molecular formula is C35H45ClF2N2O3. The van der Waals surface area contributed by atoms with Crippen molar-refractivity contribution in [3.63, 3.8) is 0 Å². The highest BCUT2D eigenvalue weighted by Gasteiger charge is 2.25. The zero-order valence-corrected chi connectivity index (χ0v) is 26.4. The first-order valence-corrected chi connectivity index (χ1v) is 15.0. The second kappa shape index (κ2) is 17.9. The van der Waals surface area contributed by atoms with Crippen LogP contribution in [0.3, 0.4) is 0 Å². The molecule has 0 heterocycles. The molecule has 0 saturated heterocycles. The van der Waals surface area contributed by atoms with Gasteiger partial charge in [0.1, 0.15) is 11.6 Å². The van der Waals surface area contributed by atoms with Crippen LogP contribution < -0.4 is 10.6 Å². The van der Waals surface area contributed by atoms with Gasteiger partial charge in [-0.1, -0.05) is 57.9 Å². The van der Waals surface area contributed by atoms with E-state index >= 15 is 0 Å². The molecule has 0 aliphatic carbocycles. The van der Waals surface area contributed by atoms with Gasteiger partial charge >= 0.3 is 0 Å². The smallest absolute Gasteiger partial charge is 0.251 e. The van der Waals surface area contributed by atoms with Crippen LogP contribution in [0.5, 0.6) is 0 Å². The highest BCUT2D eigenvalue weighted by molar-refractivity contribution is 6.02. The molecule has 8 heteroatoms. The van der Waals surface area contributed by atoms with Crippen molar-refractivity contribution in [3.05, 3.63) is 106 Å². The minimum atomic E-state index is -1.06. The van der Waals surface area contributed by atoms with E-state index in [1.54, 1.807) is 18.2 Å². The molecule has 0 radical (unpaired) electrons. The minimum Gasteiger partial charge on any atom is -0.390 e.